The SMILES string of the molecule is N#Cc1cc(CC(=O)c2ccccc2C(=O)O)ccc1F. The fraction of sp³-hybridized carbons (Fsp3) is 0.0625. The van der Waals surface area contributed by atoms with Crippen LogP contribution in [0.25, 0.3) is 0 Å². The fourth-order valence-electron chi connectivity index (χ4n) is 1.96. The number of carboxylic acids is 1. The Morgan fingerprint density at radius 2 is 1.81 bits per heavy atom. The van der Waals surface area contributed by atoms with Crippen molar-refractivity contribution >= 4 is 11.8 Å². The monoisotopic (exact) mass is 283 g/mol. The van der Waals surface area contributed by atoms with E-state index in [4.69, 9.17) is 10.4 Å². The summed E-state index contributed by atoms with van der Waals surface area (Å²) in [6.07, 6.45) is -0.0980. The molecule has 104 valence electrons. The molecule has 0 unspecified atom stereocenters. The van der Waals surface area contributed by atoms with E-state index in [9.17, 15) is 14.0 Å². The quantitative estimate of drug-likeness (QED) is 0.875. The summed E-state index contributed by atoms with van der Waals surface area (Å²) in [7, 11) is 0. The van der Waals surface area contributed by atoms with Gasteiger partial charge in [0.2, 0.25) is 0 Å². The summed E-state index contributed by atoms with van der Waals surface area (Å²) in [5.41, 5.74) is 0.322. The highest BCUT2D eigenvalue weighted by Gasteiger charge is 2.16. The van der Waals surface area contributed by atoms with Gasteiger partial charge in [0.05, 0.1) is 11.1 Å². The van der Waals surface area contributed by atoms with Gasteiger partial charge in [-0.2, -0.15) is 5.26 Å². The van der Waals surface area contributed by atoms with Crippen LogP contribution in [0.15, 0.2) is 42.5 Å². The van der Waals surface area contributed by atoms with Gasteiger partial charge in [0.15, 0.2) is 5.78 Å². The Morgan fingerprint density at radius 3 is 2.43 bits per heavy atom. The molecule has 0 saturated carbocycles. The summed E-state index contributed by atoms with van der Waals surface area (Å²) in [5.74, 6) is -2.24. The van der Waals surface area contributed by atoms with Gasteiger partial charge in [0.25, 0.3) is 0 Å². The van der Waals surface area contributed by atoms with E-state index in [1.165, 1.54) is 30.3 Å². The zero-order valence-corrected chi connectivity index (χ0v) is 10.8. The third-order valence-electron chi connectivity index (χ3n) is 2.97. The predicted octanol–water partition coefficient (Wildman–Crippen LogP) is 2.82. The molecule has 5 heteroatoms. The van der Waals surface area contributed by atoms with Crippen LogP contribution in [0.3, 0.4) is 0 Å². The molecule has 2 aromatic rings. The number of nitriles is 1. The van der Waals surface area contributed by atoms with Crippen molar-refractivity contribution in [1.82, 2.24) is 0 Å². The number of hydrogen-bond donors (Lipinski definition) is 1. The molecule has 0 spiro atoms. The third kappa shape index (κ3) is 3.12. The first-order valence-corrected chi connectivity index (χ1v) is 6.07. The number of nitrogens with zero attached hydrogens (tertiary/aromatic N) is 1. The molecule has 0 aliphatic heterocycles. The lowest BCUT2D eigenvalue weighted by molar-refractivity contribution is 0.0692. The lowest BCUT2D eigenvalue weighted by Gasteiger charge is -2.06. The molecule has 0 aliphatic carbocycles. The van der Waals surface area contributed by atoms with Crippen molar-refractivity contribution in [2.45, 2.75) is 6.42 Å². The van der Waals surface area contributed by atoms with Crippen LogP contribution in [0.1, 0.15) is 31.8 Å². The van der Waals surface area contributed by atoms with Crippen molar-refractivity contribution in [3.63, 3.8) is 0 Å². The minimum absolute atomic E-state index is 0.0786. The largest absolute Gasteiger partial charge is 0.478 e. The van der Waals surface area contributed by atoms with Crippen LogP contribution in [-0.4, -0.2) is 16.9 Å². The van der Waals surface area contributed by atoms with Crippen molar-refractivity contribution in [2.24, 2.45) is 0 Å². The molecular weight excluding hydrogens is 273 g/mol. The van der Waals surface area contributed by atoms with E-state index < -0.39 is 17.6 Å². The maximum atomic E-state index is 13.2. The average molecular weight is 283 g/mol. The van der Waals surface area contributed by atoms with Crippen LogP contribution in [0.2, 0.25) is 0 Å². The lowest BCUT2D eigenvalue weighted by Crippen LogP contribution is -2.10. The number of rotatable bonds is 4. The smallest absolute Gasteiger partial charge is 0.336 e. The van der Waals surface area contributed by atoms with Crippen LogP contribution in [0.5, 0.6) is 0 Å². The Balaban J connectivity index is 2.31. The molecule has 0 heterocycles. The third-order valence-corrected chi connectivity index (χ3v) is 2.97. The van der Waals surface area contributed by atoms with Crippen LogP contribution in [0, 0.1) is 17.1 Å². The number of ketones is 1. The highest BCUT2D eigenvalue weighted by molar-refractivity contribution is 6.06. The van der Waals surface area contributed by atoms with Gasteiger partial charge in [0, 0.05) is 12.0 Å². The first-order valence-electron chi connectivity index (χ1n) is 6.07. The Kier molecular flexibility index (Phi) is 4.10. The highest BCUT2D eigenvalue weighted by atomic mass is 19.1. The Morgan fingerprint density at radius 1 is 1.14 bits per heavy atom. The predicted molar refractivity (Wildman–Crippen MR) is 72.6 cm³/mol. The molecule has 0 fully saturated rings. The van der Waals surface area contributed by atoms with Gasteiger partial charge in [-0.1, -0.05) is 24.3 Å². The van der Waals surface area contributed by atoms with Crippen LogP contribution in [0.4, 0.5) is 4.39 Å². The summed E-state index contributed by atoms with van der Waals surface area (Å²) in [4.78, 5) is 23.3. The Labute approximate surface area is 120 Å². The van der Waals surface area contributed by atoms with E-state index in [-0.39, 0.29) is 23.1 Å². The van der Waals surface area contributed by atoms with E-state index in [1.54, 1.807) is 12.1 Å². The Hall–Kier alpha value is -3.00. The molecule has 0 radical (unpaired) electrons. The summed E-state index contributed by atoms with van der Waals surface area (Å²) in [6, 6.07) is 11.4. The van der Waals surface area contributed by atoms with Crippen molar-refractivity contribution in [3.05, 3.63) is 70.5 Å². The van der Waals surface area contributed by atoms with E-state index in [0.29, 0.717) is 5.56 Å². The second kappa shape index (κ2) is 5.97. The second-order valence-corrected chi connectivity index (χ2v) is 4.38. The summed E-state index contributed by atoms with van der Waals surface area (Å²) >= 11 is 0. The molecule has 0 aromatic heterocycles. The molecular formula is C16H10FNO3. The van der Waals surface area contributed by atoms with E-state index in [2.05, 4.69) is 0 Å². The molecule has 0 saturated heterocycles. The van der Waals surface area contributed by atoms with Gasteiger partial charge < -0.3 is 5.11 Å². The molecule has 0 aliphatic rings. The molecule has 0 amide bonds. The number of carboxylic acid groups (broad SMARTS) is 1. The first-order chi connectivity index (χ1) is 10.0. The second-order valence-electron chi connectivity index (χ2n) is 4.38. The zero-order chi connectivity index (χ0) is 15.4. The summed E-state index contributed by atoms with van der Waals surface area (Å²) < 4.78 is 13.2. The maximum Gasteiger partial charge on any atom is 0.336 e. The summed E-state index contributed by atoms with van der Waals surface area (Å²) in [6.45, 7) is 0. The van der Waals surface area contributed by atoms with Crippen molar-refractivity contribution in [2.75, 3.05) is 0 Å². The van der Waals surface area contributed by atoms with Crippen molar-refractivity contribution in [3.8, 4) is 6.07 Å². The van der Waals surface area contributed by atoms with Crippen LogP contribution < -0.4 is 0 Å². The number of Topliss-reactive ketones (excluding diaryl/α,β-unsaturated/α-hetero) is 1. The number of carbonyl (C=O) groups excluding carboxylic acids is 1. The molecule has 0 atom stereocenters. The lowest BCUT2D eigenvalue weighted by atomic mass is 9.97. The van der Waals surface area contributed by atoms with Crippen molar-refractivity contribution in [1.29, 1.82) is 5.26 Å². The minimum atomic E-state index is -1.18. The zero-order valence-electron chi connectivity index (χ0n) is 10.8. The van der Waals surface area contributed by atoms with Gasteiger partial charge in [-0.15, -0.1) is 0 Å². The molecule has 0 bridgehead atoms. The van der Waals surface area contributed by atoms with Gasteiger partial charge in [-0.25, -0.2) is 9.18 Å². The average Bonchev–Trinajstić information content (AvgIpc) is 2.49. The van der Waals surface area contributed by atoms with Gasteiger partial charge >= 0.3 is 5.97 Å². The van der Waals surface area contributed by atoms with Gasteiger partial charge in [0.1, 0.15) is 11.9 Å². The van der Waals surface area contributed by atoms with Crippen LogP contribution >= 0.6 is 0 Å². The summed E-state index contributed by atoms with van der Waals surface area (Å²) in [5, 5.41) is 17.8. The minimum Gasteiger partial charge on any atom is -0.478 e. The first kappa shape index (κ1) is 14.4. The normalized spacial score (nSPS) is 9.90. The number of aromatic carboxylic acids is 1. The van der Waals surface area contributed by atoms with E-state index >= 15 is 0 Å². The molecule has 1 N–H and O–H groups in total. The molecule has 2 rings (SSSR count). The number of hydrogen-bond acceptors (Lipinski definition) is 3. The molecule has 4 nitrogen and oxygen atoms in total. The van der Waals surface area contributed by atoms with Crippen LogP contribution in [-0.2, 0) is 6.42 Å². The van der Waals surface area contributed by atoms with Gasteiger partial charge in [-0.05, 0) is 23.8 Å². The number of benzene rings is 2. The Bertz CT molecular complexity index is 762. The number of carbonyl (C=O) groups is 2. The molecule has 21 heavy (non-hydrogen) atoms. The highest BCUT2D eigenvalue weighted by Crippen LogP contribution is 2.15. The number of halogens is 1. The maximum absolute atomic E-state index is 13.2. The molecule has 2 aromatic carbocycles. The standard InChI is InChI=1S/C16H10FNO3/c17-14-6-5-10(7-11(14)9-18)8-15(19)12-3-1-2-4-13(12)16(20)21/h1-7H,8H2,(H,20,21). The van der Waals surface area contributed by atoms with E-state index in [1.807, 2.05) is 0 Å². The van der Waals surface area contributed by atoms with Crippen molar-refractivity contribution < 1.29 is 19.1 Å². The fourth-order valence-corrected chi connectivity index (χ4v) is 1.96. The van der Waals surface area contributed by atoms with Gasteiger partial charge in [-0.3, -0.25) is 4.79 Å². The van der Waals surface area contributed by atoms with E-state index in [0.717, 1.165) is 6.07 Å². The topological polar surface area (TPSA) is 78.2 Å².